The number of hydrogen-bond acceptors (Lipinski definition) is 7. The molecule has 3 heterocycles. The molecule has 9 nitrogen and oxygen atoms in total. The Morgan fingerprint density at radius 2 is 1.79 bits per heavy atom. The number of piperidine rings is 1. The van der Waals surface area contributed by atoms with Crippen LogP contribution in [0.5, 0.6) is 11.5 Å². The maximum Gasteiger partial charge on any atom is 0.262 e. The van der Waals surface area contributed by atoms with E-state index in [1.165, 1.54) is 11.3 Å². The number of H-pyrrole nitrogens is 1. The van der Waals surface area contributed by atoms with Crippen molar-refractivity contribution in [2.45, 2.75) is 38.3 Å². The second-order valence-corrected chi connectivity index (χ2v) is 11.3. The summed E-state index contributed by atoms with van der Waals surface area (Å²) in [7, 11) is 3.73. The molecular formula is C29H33N5O4S. The lowest BCUT2D eigenvalue weighted by Gasteiger charge is -2.29. The maximum absolute atomic E-state index is 13.2. The Kier molecular flexibility index (Phi) is 7.58. The third-order valence-electron chi connectivity index (χ3n) is 7.00. The summed E-state index contributed by atoms with van der Waals surface area (Å²) in [6.07, 6.45) is 2.18. The van der Waals surface area contributed by atoms with Crippen LogP contribution < -0.4 is 20.1 Å². The monoisotopic (exact) mass is 547 g/mol. The van der Waals surface area contributed by atoms with Crippen molar-refractivity contribution in [1.29, 1.82) is 0 Å². The average molecular weight is 548 g/mol. The number of ether oxygens (including phenoxy) is 2. The molecule has 0 aliphatic carbocycles. The van der Waals surface area contributed by atoms with Crippen molar-refractivity contribution < 1.29 is 19.1 Å². The number of carbonyl (C=O) groups is 2. The number of benzene rings is 2. The number of rotatable bonds is 8. The van der Waals surface area contributed by atoms with Gasteiger partial charge in [0.15, 0.2) is 0 Å². The van der Waals surface area contributed by atoms with Crippen LogP contribution in [0.2, 0.25) is 0 Å². The molecule has 0 radical (unpaired) electrons. The molecule has 2 aromatic carbocycles. The van der Waals surface area contributed by atoms with Crippen LogP contribution in [-0.4, -0.2) is 60.3 Å². The molecule has 2 amide bonds. The molecule has 39 heavy (non-hydrogen) atoms. The van der Waals surface area contributed by atoms with Gasteiger partial charge < -0.3 is 25.0 Å². The van der Waals surface area contributed by atoms with Crippen molar-refractivity contribution >= 4 is 39.2 Å². The highest BCUT2D eigenvalue weighted by molar-refractivity contribution is 7.20. The van der Waals surface area contributed by atoms with Gasteiger partial charge in [-0.05, 0) is 70.1 Å². The van der Waals surface area contributed by atoms with E-state index in [0.717, 1.165) is 37.2 Å². The minimum Gasteiger partial charge on any atom is -0.496 e. The van der Waals surface area contributed by atoms with E-state index < -0.39 is 5.54 Å². The summed E-state index contributed by atoms with van der Waals surface area (Å²) in [4.78, 5) is 29.5. The number of aromatic amines is 1. The number of fused-ring (bicyclic) bond motifs is 1. The van der Waals surface area contributed by atoms with E-state index in [9.17, 15) is 9.59 Å². The first-order chi connectivity index (χ1) is 18.7. The molecule has 1 saturated heterocycles. The van der Waals surface area contributed by atoms with Crippen molar-refractivity contribution in [3.8, 4) is 11.5 Å². The standard InChI is InChI=1S/C29H33N5O4S/c1-29(2,22-7-5-6-8-23(22)37-4)31-27(36)24-17-21-25(32-33-28(21)39-24)30-26(35)18-9-11-19(12-10-18)38-20-13-15-34(3)16-14-20/h5-12,17,20H,13-16H2,1-4H3,(H,31,36)(H2,30,32,33,35). The van der Waals surface area contributed by atoms with Crippen LogP contribution in [0, 0.1) is 0 Å². The molecule has 0 spiro atoms. The number of nitrogens with zero attached hydrogens (tertiary/aromatic N) is 2. The lowest BCUT2D eigenvalue weighted by Crippen LogP contribution is -2.40. The zero-order chi connectivity index (χ0) is 27.6. The molecular weight excluding hydrogens is 514 g/mol. The summed E-state index contributed by atoms with van der Waals surface area (Å²) in [5.41, 5.74) is 0.705. The Bertz CT molecular complexity index is 1470. The number of anilines is 1. The first kappa shape index (κ1) is 26.7. The number of nitrogens with one attached hydrogen (secondary N) is 3. The Labute approximate surface area is 231 Å². The number of hydrogen-bond donors (Lipinski definition) is 3. The SMILES string of the molecule is COc1ccccc1C(C)(C)NC(=O)c1cc2c(NC(=O)c3ccc(OC4CCN(C)CC4)cc3)[nH]nc2s1. The van der Waals surface area contributed by atoms with Crippen LogP contribution >= 0.6 is 11.3 Å². The van der Waals surface area contributed by atoms with E-state index in [-0.39, 0.29) is 17.9 Å². The summed E-state index contributed by atoms with van der Waals surface area (Å²) in [5.74, 6) is 1.40. The molecule has 1 aliphatic rings. The van der Waals surface area contributed by atoms with E-state index in [2.05, 4.69) is 32.8 Å². The summed E-state index contributed by atoms with van der Waals surface area (Å²) < 4.78 is 11.6. The van der Waals surface area contributed by atoms with Gasteiger partial charge in [0.05, 0.1) is 22.9 Å². The third-order valence-corrected chi connectivity index (χ3v) is 8.03. The topological polar surface area (TPSA) is 109 Å². The van der Waals surface area contributed by atoms with Gasteiger partial charge in [0.2, 0.25) is 0 Å². The molecule has 0 atom stereocenters. The van der Waals surface area contributed by atoms with Crippen LogP contribution in [0.15, 0.2) is 54.6 Å². The number of para-hydroxylation sites is 1. The van der Waals surface area contributed by atoms with E-state index in [0.29, 0.717) is 32.2 Å². The van der Waals surface area contributed by atoms with Gasteiger partial charge in [-0.3, -0.25) is 14.7 Å². The summed E-state index contributed by atoms with van der Waals surface area (Å²) in [5, 5.41) is 13.8. The number of aromatic nitrogens is 2. The Balaban J connectivity index is 1.24. The Morgan fingerprint density at radius 3 is 2.51 bits per heavy atom. The van der Waals surface area contributed by atoms with Crippen molar-refractivity contribution in [3.05, 3.63) is 70.6 Å². The van der Waals surface area contributed by atoms with Gasteiger partial charge in [0.25, 0.3) is 11.8 Å². The first-order valence-corrected chi connectivity index (χ1v) is 13.8. The molecule has 0 unspecified atom stereocenters. The summed E-state index contributed by atoms with van der Waals surface area (Å²) >= 11 is 1.26. The van der Waals surface area contributed by atoms with Crippen molar-refractivity contribution in [2.75, 3.05) is 32.6 Å². The Hall–Kier alpha value is -3.89. The molecule has 204 valence electrons. The summed E-state index contributed by atoms with van der Waals surface area (Å²) in [6, 6.07) is 16.5. The van der Waals surface area contributed by atoms with Gasteiger partial charge in [0.1, 0.15) is 28.3 Å². The second-order valence-electron chi connectivity index (χ2n) is 10.3. The maximum atomic E-state index is 13.2. The van der Waals surface area contributed by atoms with E-state index >= 15 is 0 Å². The van der Waals surface area contributed by atoms with Crippen LogP contribution in [0.4, 0.5) is 5.82 Å². The highest BCUT2D eigenvalue weighted by atomic mass is 32.1. The normalized spacial score (nSPS) is 14.8. The van der Waals surface area contributed by atoms with E-state index in [1.807, 2.05) is 50.2 Å². The molecule has 5 rings (SSSR count). The van der Waals surface area contributed by atoms with Gasteiger partial charge in [-0.1, -0.05) is 18.2 Å². The molecule has 10 heteroatoms. The Morgan fingerprint density at radius 1 is 1.08 bits per heavy atom. The number of carbonyl (C=O) groups excluding carboxylic acids is 2. The minimum atomic E-state index is -0.669. The number of amides is 2. The van der Waals surface area contributed by atoms with Crippen LogP contribution in [0.1, 0.15) is 52.3 Å². The van der Waals surface area contributed by atoms with E-state index in [1.54, 1.807) is 25.3 Å². The molecule has 2 aromatic heterocycles. The summed E-state index contributed by atoms with van der Waals surface area (Å²) in [6.45, 7) is 5.90. The fraction of sp³-hybridized carbons (Fsp3) is 0.345. The van der Waals surface area contributed by atoms with E-state index in [4.69, 9.17) is 9.47 Å². The fourth-order valence-electron chi connectivity index (χ4n) is 4.76. The van der Waals surface area contributed by atoms with Crippen molar-refractivity contribution in [3.63, 3.8) is 0 Å². The minimum absolute atomic E-state index is 0.199. The average Bonchev–Trinajstić information content (AvgIpc) is 3.52. The highest BCUT2D eigenvalue weighted by Gasteiger charge is 2.28. The lowest BCUT2D eigenvalue weighted by molar-refractivity contribution is 0.0914. The van der Waals surface area contributed by atoms with Gasteiger partial charge in [-0.15, -0.1) is 11.3 Å². The van der Waals surface area contributed by atoms with Gasteiger partial charge in [-0.25, -0.2) is 0 Å². The van der Waals surface area contributed by atoms with Crippen LogP contribution in [0.3, 0.4) is 0 Å². The first-order valence-electron chi connectivity index (χ1n) is 12.9. The number of likely N-dealkylation sites (tertiary alicyclic amines) is 1. The predicted octanol–water partition coefficient (Wildman–Crippen LogP) is 5.02. The predicted molar refractivity (Wildman–Crippen MR) is 153 cm³/mol. The second kappa shape index (κ2) is 11.1. The van der Waals surface area contributed by atoms with Gasteiger partial charge in [-0.2, -0.15) is 5.10 Å². The van der Waals surface area contributed by atoms with Gasteiger partial charge >= 0.3 is 0 Å². The van der Waals surface area contributed by atoms with Crippen molar-refractivity contribution in [1.82, 2.24) is 20.4 Å². The zero-order valence-corrected chi connectivity index (χ0v) is 23.4. The molecule has 4 aromatic rings. The molecule has 0 bridgehead atoms. The zero-order valence-electron chi connectivity index (χ0n) is 22.5. The molecule has 1 aliphatic heterocycles. The quantitative estimate of drug-likeness (QED) is 0.286. The molecule has 3 N–H and O–H groups in total. The number of methoxy groups -OCH3 is 1. The molecule has 1 fully saturated rings. The number of thiophene rings is 1. The highest BCUT2D eigenvalue weighted by Crippen LogP contribution is 2.33. The van der Waals surface area contributed by atoms with Gasteiger partial charge in [0, 0.05) is 24.2 Å². The third kappa shape index (κ3) is 5.91. The fourth-order valence-corrected chi connectivity index (χ4v) is 5.65. The van der Waals surface area contributed by atoms with Crippen molar-refractivity contribution in [2.24, 2.45) is 0 Å². The largest absolute Gasteiger partial charge is 0.496 e. The lowest BCUT2D eigenvalue weighted by atomic mass is 9.93. The molecule has 0 saturated carbocycles. The van der Waals surface area contributed by atoms with Crippen LogP contribution in [0.25, 0.3) is 10.2 Å². The smallest absolute Gasteiger partial charge is 0.262 e. The van der Waals surface area contributed by atoms with Crippen LogP contribution in [-0.2, 0) is 5.54 Å².